The van der Waals surface area contributed by atoms with Gasteiger partial charge in [0, 0.05) is 16.7 Å². The number of rotatable bonds is 4. The van der Waals surface area contributed by atoms with Gasteiger partial charge in [0.15, 0.2) is 17.1 Å². The summed E-state index contributed by atoms with van der Waals surface area (Å²) in [6.45, 7) is 0.173. The van der Waals surface area contributed by atoms with Crippen molar-refractivity contribution in [1.29, 1.82) is 5.26 Å². The lowest BCUT2D eigenvalue weighted by molar-refractivity contribution is 0.174. The fourth-order valence-corrected chi connectivity index (χ4v) is 4.95. The van der Waals surface area contributed by atoms with E-state index in [0.29, 0.717) is 28.4 Å². The van der Waals surface area contributed by atoms with Crippen molar-refractivity contribution in [3.8, 4) is 56.9 Å². The average Bonchev–Trinajstić information content (AvgIpc) is 3.62. The predicted molar refractivity (Wildman–Crippen MR) is 146 cm³/mol. The standard InChI is InChI=1S/C32H20N4O2/c33-19-25-28(23-16-17-26-27(18-23)38-20-37-26)29-31(22-12-6-2-7-13-22)35-36(24-14-8-3-9-15-24)32(29)34-30(25)21-10-4-1-5-11-21/h1-18H,20H2. The maximum absolute atomic E-state index is 10.6. The Morgan fingerprint density at radius 3 is 2.00 bits per heavy atom. The first kappa shape index (κ1) is 21.8. The van der Waals surface area contributed by atoms with Crippen molar-refractivity contribution in [1.82, 2.24) is 14.8 Å². The summed E-state index contributed by atoms with van der Waals surface area (Å²) in [5.41, 5.74) is 6.77. The highest BCUT2D eigenvalue weighted by molar-refractivity contribution is 6.07. The zero-order valence-corrected chi connectivity index (χ0v) is 20.2. The molecule has 3 heterocycles. The third kappa shape index (κ3) is 3.49. The lowest BCUT2D eigenvalue weighted by Gasteiger charge is -2.13. The number of nitrogens with zero attached hydrogens (tertiary/aromatic N) is 4. The molecule has 1 aliphatic heterocycles. The largest absolute Gasteiger partial charge is 0.454 e. The number of ether oxygens (including phenoxy) is 2. The Labute approximate surface area is 219 Å². The van der Waals surface area contributed by atoms with Gasteiger partial charge in [-0.05, 0) is 29.8 Å². The summed E-state index contributed by atoms with van der Waals surface area (Å²) in [5.74, 6) is 1.33. The molecule has 0 spiro atoms. The molecule has 0 N–H and O–H groups in total. The topological polar surface area (TPSA) is 73.0 Å². The zero-order valence-electron chi connectivity index (χ0n) is 20.2. The molecule has 6 nitrogen and oxygen atoms in total. The molecule has 0 bridgehead atoms. The van der Waals surface area contributed by atoms with Crippen molar-refractivity contribution in [2.45, 2.75) is 0 Å². The Balaban J connectivity index is 1.66. The minimum absolute atomic E-state index is 0.173. The lowest BCUT2D eigenvalue weighted by Crippen LogP contribution is -2.01. The van der Waals surface area contributed by atoms with Gasteiger partial charge in [-0.25, -0.2) is 9.67 Å². The Bertz CT molecular complexity index is 1840. The van der Waals surface area contributed by atoms with E-state index in [4.69, 9.17) is 19.6 Å². The van der Waals surface area contributed by atoms with Crippen molar-refractivity contribution < 1.29 is 9.47 Å². The molecule has 0 aliphatic carbocycles. The number of fused-ring (bicyclic) bond motifs is 2. The van der Waals surface area contributed by atoms with Gasteiger partial charge in [0.25, 0.3) is 0 Å². The van der Waals surface area contributed by atoms with Gasteiger partial charge in [0.1, 0.15) is 11.8 Å². The van der Waals surface area contributed by atoms with Crippen LogP contribution in [0.5, 0.6) is 11.5 Å². The number of benzene rings is 4. The zero-order chi connectivity index (χ0) is 25.5. The summed E-state index contributed by atoms with van der Waals surface area (Å²) < 4.78 is 13.1. The molecule has 2 aromatic heterocycles. The Morgan fingerprint density at radius 1 is 0.684 bits per heavy atom. The highest BCUT2D eigenvalue weighted by atomic mass is 16.7. The van der Waals surface area contributed by atoms with Gasteiger partial charge >= 0.3 is 0 Å². The first-order chi connectivity index (χ1) is 18.8. The van der Waals surface area contributed by atoms with Crippen LogP contribution in [0.25, 0.3) is 50.4 Å². The quantitative estimate of drug-likeness (QED) is 0.264. The van der Waals surface area contributed by atoms with Crippen molar-refractivity contribution in [2.75, 3.05) is 6.79 Å². The van der Waals surface area contributed by atoms with E-state index in [1.54, 1.807) is 0 Å². The Morgan fingerprint density at radius 2 is 1.32 bits per heavy atom. The number of hydrogen-bond acceptors (Lipinski definition) is 5. The summed E-state index contributed by atoms with van der Waals surface area (Å²) >= 11 is 0. The fraction of sp³-hybridized carbons (Fsp3) is 0.0312. The third-order valence-corrected chi connectivity index (χ3v) is 6.68. The highest BCUT2D eigenvalue weighted by Crippen LogP contribution is 2.44. The highest BCUT2D eigenvalue weighted by Gasteiger charge is 2.26. The van der Waals surface area contributed by atoms with Crippen LogP contribution in [0.4, 0.5) is 0 Å². The van der Waals surface area contributed by atoms with Crippen molar-refractivity contribution >= 4 is 11.0 Å². The van der Waals surface area contributed by atoms with E-state index >= 15 is 0 Å². The molecular weight excluding hydrogens is 472 g/mol. The molecule has 180 valence electrons. The molecule has 0 radical (unpaired) electrons. The van der Waals surface area contributed by atoms with E-state index in [1.807, 2.05) is 114 Å². The number of aromatic nitrogens is 3. The average molecular weight is 493 g/mol. The molecule has 7 rings (SSSR count). The SMILES string of the molecule is N#Cc1c(-c2ccccc2)nc2c(c(-c3ccccc3)nn2-c2ccccc2)c1-c1ccc2c(c1)OCO2. The summed E-state index contributed by atoms with van der Waals surface area (Å²) in [4.78, 5) is 5.12. The summed E-state index contributed by atoms with van der Waals surface area (Å²) in [6, 6.07) is 38.0. The second kappa shape index (κ2) is 8.91. The number of nitriles is 1. The van der Waals surface area contributed by atoms with Gasteiger partial charge in [-0.2, -0.15) is 10.4 Å². The summed E-state index contributed by atoms with van der Waals surface area (Å²) in [5, 5.41) is 16.5. The molecule has 0 amide bonds. The first-order valence-electron chi connectivity index (χ1n) is 12.2. The van der Waals surface area contributed by atoms with Crippen LogP contribution >= 0.6 is 0 Å². The predicted octanol–water partition coefficient (Wildman–Crippen LogP) is 7.02. The van der Waals surface area contributed by atoms with Gasteiger partial charge in [-0.1, -0.05) is 84.9 Å². The maximum Gasteiger partial charge on any atom is 0.231 e. The second-order valence-corrected chi connectivity index (χ2v) is 8.92. The van der Waals surface area contributed by atoms with Crippen molar-refractivity contribution in [3.63, 3.8) is 0 Å². The molecular formula is C32H20N4O2. The van der Waals surface area contributed by atoms with E-state index < -0.39 is 0 Å². The second-order valence-electron chi connectivity index (χ2n) is 8.92. The molecule has 1 aliphatic rings. The van der Waals surface area contributed by atoms with Crippen LogP contribution in [0.3, 0.4) is 0 Å². The van der Waals surface area contributed by atoms with Gasteiger partial charge in [0.05, 0.1) is 22.3 Å². The summed E-state index contributed by atoms with van der Waals surface area (Å²) in [6.07, 6.45) is 0. The Hall–Kier alpha value is -5.41. The van der Waals surface area contributed by atoms with Crippen LogP contribution in [0.2, 0.25) is 0 Å². The van der Waals surface area contributed by atoms with Crippen LogP contribution in [0, 0.1) is 11.3 Å². The Kier molecular flexibility index (Phi) is 5.12. The smallest absolute Gasteiger partial charge is 0.231 e. The fourth-order valence-electron chi connectivity index (χ4n) is 4.95. The van der Waals surface area contributed by atoms with E-state index in [2.05, 4.69) is 6.07 Å². The third-order valence-electron chi connectivity index (χ3n) is 6.68. The number of hydrogen-bond donors (Lipinski definition) is 0. The lowest BCUT2D eigenvalue weighted by atomic mass is 9.92. The molecule has 6 aromatic rings. The molecule has 0 atom stereocenters. The van der Waals surface area contributed by atoms with Gasteiger partial charge in [0.2, 0.25) is 6.79 Å². The molecule has 0 saturated carbocycles. The normalized spacial score (nSPS) is 12.0. The maximum atomic E-state index is 10.6. The van der Waals surface area contributed by atoms with Gasteiger partial charge in [-0.15, -0.1) is 0 Å². The van der Waals surface area contributed by atoms with Gasteiger partial charge < -0.3 is 9.47 Å². The van der Waals surface area contributed by atoms with Crippen LogP contribution in [0.1, 0.15) is 5.56 Å². The number of para-hydroxylation sites is 1. The molecule has 4 aromatic carbocycles. The molecule has 0 fully saturated rings. The monoisotopic (exact) mass is 492 g/mol. The van der Waals surface area contributed by atoms with E-state index in [9.17, 15) is 5.26 Å². The number of pyridine rings is 1. The first-order valence-corrected chi connectivity index (χ1v) is 12.2. The van der Waals surface area contributed by atoms with Crippen LogP contribution in [-0.4, -0.2) is 21.6 Å². The van der Waals surface area contributed by atoms with Crippen LogP contribution in [0.15, 0.2) is 109 Å². The molecule has 38 heavy (non-hydrogen) atoms. The summed E-state index contributed by atoms with van der Waals surface area (Å²) in [7, 11) is 0. The van der Waals surface area contributed by atoms with E-state index in [-0.39, 0.29) is 6.79 Å². The van der Waals surface area contributed by atoms with Crippen LogP contribution < -0.4 is 9.47 Å². The van der Waals surface area contributed by atoms with E-state index in [0.717, 1.165) is 39.0 Å². The molecule has 0 saturated heterocycles. The molecule has 6 heteroatoms. The van der Waals surface area contributed by atoms with Gasteiger partial charge in [-0.3, -0.25) is 0 Å². The van der Waals surface area contributed by atoms with Crippen LogP contribution in [-0.2, 0) is 0 Å². The molecule has 0 unspecified atom stereocenters. The minimum Gasteiger partial charge on any atom is -0.454 e. The van der Waals surface area contributed by atoms with E-state index in [1.165, 1.54) is 0 Å². The minimum atomic E-state index is 0.173. The van der Waals surface area contributed by atoms with Crippen molar-refractivity contribution in [2.24, 2.45) is 0 Å². The van der Waals surface area contributed by atoms with Crippen molar-refractivity contribution in [3.05, 3.63) is 115 Å².